The van der Waals surface area contributed by atoms with Crippen LogP contribution in [-0.4, -0.2) is 61.8 Å². The topological polar surface area (TPSA) is 113 Å². The summed E-state index contributed by atoms with van der Waals surface area (Å²) in [6.45, 7) is 4.97. The number of benzene rings is 1. The van der Waals surface area contributed by atoms with Crippen molar-refractivity contribution in [2.24, 2.45) is 11.7 Å². The molecule has 1 heterocycles. The van der Waals surface area contributed by atoms with Gasteiger partial charge in [-0.05, 0) is 54.9 Å². The number of carbonyl (C=O) groups is 2. The van der Waals surface area contributed by atoms with Gasteiger partial charge in [-0.25, -0.2) is 13.2 Å². The van der Waals surface area contributed by atoms with Gasteiger partial charge in [-0.2, -0.15) is 4.31 Å². The Morgan fingerprint density at radius 1 is 1.10 bits per heavy atom. The first-order chi connectivity index (χ1) is 13.7. The highest BCUT2D eigenvalue weighted by atomic mass is 32.2. The molecule has 1 aromatic carbocycles. The second-order valence-corrected chi connectivity index (χ2v) is 10.1. The lowest BCUT2D eigenvalue weighted by atomic mass is 10.0. The SMILES string of the molecule is CC(C)C[C@@H](NC(N)=O)C(=O)N1CCN(S(=O)(=O)c2ccc3c(c2)CCC3)CC1. The molecule has 160 valence electrons. The van der Waals surface area contributed by atoms with Crippen LogP contribution in [0.5, 0.6) is 0 Å². The van der Waals surface area contributed by atoms with Gasteiger partial charge >= 0.3 is 6.03 Å². The van der Waals surface area contributed by atoms with E-state index in [1.165, 1.54) is 9.87 Å². The summed E-state index contributed by atoms with van der Waals surface area (Å²) in [6, 6.07) is 3.98. The van der Waals surface area contributed by atoms with E-state index >= 15 is 0 Å². The number of piperazine rings is 1. The Kier molecular flexibility index (Phi) is 6.48. The van der Waals surface area contributed by atoms with Crippen LogP contribution in [0.4, 0.5) is 4.79 Å². The highest BCUT2D eigenvalue weighted by Gasteiger charge is 2.33. The van der Waals surface area contributed by atoms with Crippen molar-refractivity contribution in [3.05, 3.63) is 29.3 Å². The molecule has 8 nitrogen and oxygen atoms in total. The fraction of sp³-hybridized carbons (Fsp3) is 0.600. The Morgan fingerprint density at radius 2 is 1.76 bits per heavy atom. The maximum atomic E-state index is 13.0. The van der Waals surface area contributed by atoms with Crippen molar-refractivity contribution in [1.29, 1.82) is 0 Å². The molecule has 0 radical (unpaired) electrons. The molecule has 3 rings (SSSR count). The molecule has 0 spiro atoms. The monoisotopic (exact) mass is 422 g/mol. The minimum Gasteiger partial charge on any atom is -0.352 e. The van der Waals surface area contributed by atoms with Crippen LogP contribution in [0.3, 0.4) is 0 Å². The Balaban J connectivity index is 1.66. The molecule has 3 amide bonds. The van der Waals surface area contributed by atoms with Crippen LogP contribution < -0.4 is 11.1 Å². The molecular weight excluding hydrogens is 392 g/mol. The third-order valence-electron chi connectivity index (χ3n) is 5.58. The summed E-state index contributed by atoms with van der Waals surface area (Å²) in [5.41, 5.74) is 7.56. The lowest BCUT2D eigenvalue weighted by Gasteiger charge is -2.36. The molecule has 0 bridgehead atoms. The highest BCUT2D eigenvalue weighted by Crippen LogP contribution is 2.26. The van der Waals surface area contributed by atoms with Crippen LogP contribution >= 0.6 is 0 Å². The molecule has 1 aromatic rings. The predicted octanol–water partition coefficient (Wildman–Crippen LogP) is 1.09. The molecular formula is C20H30N4O4S. The third-order valence-corrected chi connectivity index (χ3v) is 7.47. The van der Waals surface area contributed by atoms with E-state index in [4.69, 9.17) is 5.73 Å². The number of aryl methyl sites for hydroxylation is 2. The van der Waals surface area contributed by atoms with Crippen molar-refractivity contribution < 1.29 is 18.0 Å². The minimum absolute atomic E-state index is 0.206. The maximum absolute atomic E-state index is 13.0. The number of rotatable bonds is 6. The predicted molar refractivity (Wildman–Crippen MR) is 110 cm³/mol. The van der Waals surface area contributed by atoms with Gasteiger partial charge in [0.2, 0.25) is 15.9 Å². The summed E-state index contributed by atoms with van der Waals surface area (Å²) in [5, 5.41) is 2.52. The van der Waals surface area contributed by atoms with Gasteiger partial charge in [0.25, 0.3) is 0 Å². The highest BCUT2D eigenvalue weighted by molar-refractivity contribution is 7.89. The van der Waals surface area contributed by atoms with Crippen molar-refractivity contribution in [3.63, 3.8) is 0 Å². The lowest BCUT2D eigenvalue weighted by molar-refractivity contribution is -0.134. The number of nitrogens with two attached hydrogens (primary N) is 1. The van der Waals surface area contributed by atoms with Gasteiger partial charge in [0.05, 0.1) is 4.90 Å². The van der Waals surface area contributed by atoms with Crippen LogP contribution in [0.2, 0.25) is 0 Å². The fourth-order valence-electron chi connectivity index (χ4n) is 4.09. The Hall–Kier alpha value is -2.13. The number of hydrogen-bond donors (Lipinski definition) is 2. The third kappa shape index (κ3) is 4.90. The molecule has 1 atom stereocenters. The molecule has 1 aliphatic heterocycles. The van der Waals surface area contributed by atoms with E-state index in [9.17, 15) is 18.0 Å². The van der Waals surface area contributed by atoms with Crippen LogP contribution in [0, 0.1) is 5.92 Å². The number of primary amides is 1. The van der Waals surface area contributed by atoms with E-state index in [0.717, 1.165) is 24.8 Å². The molecule has 3 N–H and O–H groups in total. The Bertz CT molecular complexity index is 876. The molecule has 2 aliphatic rings. The smallest absolute Gasteiger partial charge is 0.312 e. The van der Waals surface area contributed by atoms with Gasteiger partial charge < -0.3 is 16.0 Å². The number of urea groups is 1. The number of carbonyl (C=O) groups excluding carboxylic acids is 2. The number of hydrogen-bond acceptors (Lipinski definition) is 4. The summed E-state index contributed by atoms with van der Waals surface area (Å²) < 4.78 is 27.5. The summed E-state index contributed by atoms with van der Waals surface area (Å²) >= 11 is 0. The standard InChI is InChI=1S/C20H30N4O4S/c1-14(2)12-18(22-20(21)26)19(25)23-8-10-24(11-9-23)29(27,28)17-7-6-15-4-3-5-16(15)13-17/h6-7,13-14,18H,3-5,8-12H2,1-2H3,(H3,21,22,26)/t18-/m1/s1. The molecule has 29 heavy (non-hydrogen) atoms. The van der Waals surface area contributed by atoms with E-state index < -0.39 is 22.1 Å². The number of amides is 3. The van der Waals surface area contributed by atoms with Gasteiger partial charge in [0.15, 0.2) is 0 Å². The molecule has 9 heteroatoms. The van der Waals surface area contributed by atoms with Gasteiger partial charge in [-0.1, -0.05) is 19.9 Å². The van der Waals surface area contributed by atoms with E-state index in [0.29, 0.717) is 11.3 Å². The zero-order chi connectivity index (χ0) is 21.2. The summed E-state index contributed by atoms with van der Waals surface area (Å²) in [7, 11) is -3.59. The van der Waals surface area contributed by atoms with Crippen molar-refractivity contribution in [2.45, 2.75) is 50.5 Å². The fourth-order valence-corrected chi connectivity index (χ4v) is 5.56. The van der Waals surface area contributed by atoms with Crippen molar-refractivity contribution in [1.82, 2.24) is 14.5 Å². The number of nitrogens with zero attached hydrogens (tertiary/aromatic N) is 2. The van der Waals surface area contributed by atoms with E-state index in [1.807, 2.05) is 19.9 Å². The average Bonchev–Trinajstić information content (AvgIpc) is 3.14. The number of nitrogens with one attached hydrogen (secondary N) is 1. The van der Waals surface area contributed by atoms with Gasteiger partial charge in [-0.3, -0.25) is 4.79 Å². The quantitative estimate of drug-likeness (QED) is 0.714. The zero-order valence-corrected chi connectivity index (χ0v) is 17.9. The molecule has 1 aliphatic carbocycles. The van der Waals surface area contributed by atoms with Gasteiger partial charge in [0, 0.05) is 26.2 Å². The van der Waals surface area contributed by atoms with Crippen molar-refractivity contribution >= 4 is 22.0 Å². The minimum atomic E-state index is -3.59. The number of fused-ring (bicyclic) bond motifs is 1. The Morgan fingerprint density at radius 3 is 2.38 bits per heavy atom. The van der Waals surface area contributed by atoms with Crippen molar-refractivity contribution in [3.8, 4) is 0 Å². The summed E-state index contributed by atoms with van der Waals surface area (Å²) in [6.07, 6.45) is 3.48. The molecule has 0 saturated carbocycles. The van der Waals surface area contributed by atoms with Crippen LogP contribution in [0.15, 0.2) is 23.1 Å². The second-order valence-electron chi connectivity index (χ2n) is 8.20. The zero-order valence-electron chi connectivity index (χ0n) is 17.1. The summed E-state index contributed by atoms with van der Waals surface area (Å²) in [5.74, 6) is -0.00986. The van der Waals surface area contributed by atoms with Gasteiger partial charge in [0.1, 0.15) is 6.04 Å². The van der Waals surface area contributed by atoms with E-state index in [-0.39, 0.29) is 38.0 Å². The Labute approximate surface area is 172 Å². The molecule has 1 saturated heterocycles. The van der Waals surface area contributed by atoms with Crippen LogP contribution in [0.1, 0.15) is 37.8 Å². The van der Waals surface area contributed by atoms with Crippen LogP contribution in [-0.2, 0) is 27.7 Å². The second kappa shape index (κ2) is 8.71. The first-order valence-corrected chi connectivity index (χ1v) is 11.6. The summed E-state index contributed by atoms with van der Waals surface area (Å²) in [4.78, 5) is 26.0. The largest absolute Gasteiger partial charge is 0.352 e. The van der Waals surface area contributed by atoms with Gasteiger partial charge in [-0.15, -0.1) is 0 Å². The first kappa shape index (κ1) is 21.6. The average molecular weight is 423 g/mol. The number of sulfonamides is 1. The van der Waals surface area contributed by atoms with E-state index in [1.54, 1.807) is 17.0 Å². The van der Waals surface area contributed by atoms with E-state index in [2.05, 4.69) is 5.32 Å². The van der Waals surface area contributed by atoms with Crippen molar-refractivity contribution in [2.75, 3.05) is 26.2 Å². The van der Waals surface area contributed by atoms with Crippen LogP contribution in [0.25, 0.3) is 0 Å². The molecule has 1 fully saturated rings. The maximum Gasteiger partial charge on any atom is 0.312 e. The normalized spacial score (nSPS) is 18.5. The molecule has 0 aromatic heterocycles. The first-order valence-electron chi connectivity index (χ1n) is 10.1. The lowest BCUT2D eigenvalue weighted by Crippen LogP contribution is -2.56. The molecule has 0 unspecified atom stereocenters.